The molecule has 0 unspecified atom stereocenters. The second-order valence-corrected chi connectivity index (χ2v) is 8.06. The third-order valence-electron chi connectivity index (χ3n) is 4.79. The number of hydrogen-bond acceptors (Lipinski definition) is 4. The summed E-state index contributed by atoms with van der Waals surface area (Å²) in [6, 6.07) is 20.0. The van der Waals surface area contributed by atoms with Crippen molar-refractivity contribution in [2.24, 2.45) is 10.7 Å². The van der Waals surface area contributed by atoms with Gasteiger partial charge in [0.25, 0.3) is 0 Å². The summed E-state index contributed by atoms with van der Waals surface area (Å²) in [5.41, 5.74) is 11.3. The van der Waals surface area contributed by atoms with Crippen LogP contribution in [-0.4, -0.2) is 23.1 Å². The van der Waals surface area contributed by atoms with E-state index in [0.29, 0.717) is 12.2 Å². The van der Waals surface area contributed by atoms with E-state index >= 15 is 0 Å². The molecule has 0 aromatic heterocycles. The number of nitrogens with one attached hydrogen (secondary N) is 1. The van der Waals surface area contributed by atoms with Crippen molar-refractivity contribution in [1.29, 1.82) is 0 Å². The van der Waals surface area contributed by atoms with E-state index in [4.69, 9.17) is 10.7 Å². The summed E-state index contributed by atoms with van der Waals surface area (Å²) >= 11 is 1.85. The van der Waals surface area contributed by atoms with E-state index in [1.165, 1.54) is 11.6 Å². The van der Waals surface area contributed by atoms with Gasteiger partial charge in [-0.1, -0.05) is 60.7 Å². The Morgan fingerprint density at radius 3 is 2.55 bits per heavy atom. The lowest BCUT2D eigenvalue weighted by Gasteiger charge is -2.18. The van der Waals surface area contributed by atoms with E-state index in [9.17, 15) is 4.79 Å². The summed E-state index contributed by atoms with van der Waals surface area (Å²) in [5, 5.41) is 2.97. The molecule has 1 amide bonds. The molecular formula is C24H27N3OS. The minimum absolute atomic E-state index is 0.0598. The molecule has 0 spiro atoms. The fourth-order valence-corrected chi connectivity index (χ4v) is 4.14. The van der Waals surface area contributed by atoms with Crippen LogP contribution in [0.5, 0.6) is 0 Å². The molecule has 0 saturated carbocycles. The van der Waals surface area contributed by atoms with Gasteiger partial charge >= 0.3 is 0 Å². The summed E-state index contributed by atoms with van der Waals surface area (Å²) < 4.78 is 0. The maximum Gasteiger partial charge on any atom is 0.244 e. The number of benzene rings is 2. The van der Waals surface area contributed by atoms with Gasteiger partial charge < -0.3 is 11.1 Å². The highest BCUT2D eigenvalue weighted by atomic mass is 32.2. The summed E-state index contributed by atoms with van der Waals surface area (Å²) in [6.07, 6.45) is 4.11. The third kappa shape index (κ3) is 6.36. The van der Waals surface area contributed by atoms with Crippen molar-refractivity contribution in [2.75, 3.05) is 11.5 Å². The first-order chi connectivity index (χ1) is 14.1. The molecule has 2 aromatic rings. The van der Waals surface area contributed by atoms with Crippen LogP contribution in [0.3, 0.4) is 0 Å². The van der Waals surface area contributed by atoms with E-state index < -0.39 is 0 Å². The minimum Gasteiger partial charge on any atom is -0.398 e. The van der Waals surface area contributed by atoms with Crippen LogP contribution in [0.25, 0.3) is 0 Å². The molecular weight excluding hydrogens is 378 g/mol. The number of carbonyl (C=O) groups excluding carboxylic acids is 1. The fraction of sp³-hybridized carbons (Fsp3) is 0.250. The van der Waals surface area contributed by atoms with E-state index in [1.807, 2.05) is 67.2 Å². The van der Waals surface area contributed by atoms with Gasteiger partial charge in [-0.2, -0.15) is 11.8 Å². The molecule has 3 N–H and O–H groups in total. The lowest BCUT2D eigenvalue weighted by Crippen LogP contribution is -2.25. The van der Waals surface area contributed by atoms with Crippen molar-refractivity contribution in [1.82, 2.24) is 5.32 Å². The summed E-state index contributed by atoms with van der Waals surface area (Å²) in [5.74, 6) is 1.71. The standard InChI is InChI=1S/C24H27N3OS/c1-18(20-10-6-3-7-11-20)27-24(28)13-12-22(25)21-17-29-15-14-23(21)26-16-19-8-4-2-5-9-19/h2-13,18H,14-17,25H2,1H3,(H,27,28)/b13-12+,22-21?,26-23?/t18-/m1/s1. The molecule has 29 heavy (non-hydrogen) atoms. The number of nitrogens with zero attached hydrogens (tertiary/aromatic N) is 1. The van der Waals surface area contributed by atoms with Crippen LogP contribution in [0.15, 0.2) is 89.1 Å². The molecule has 0 aliphatic carbocycles. The Bertz CT molecular complexity index is 904. The van der Waals surface area contributed by atoms with Gasteiger partial charge in [-0.15, -0.1) is 0 Å². The predicted molar refractivity (Wildman–Crippen MR) is 123 cm³/mol. The molecule has 2 aromatic carbocycles. The Morgan fingerprint density at radius 1 is 1.14 bits per heavy atom. The summed E-state index contributed by atoms with van der Waals surface area (Å²) in [7, 11) is 0. The monoisotopic (exact) mass is 405 g/mol. The molecule has 3 rings (SSSR count). The van der Waals surface area contributed by atoms with Gasteiger partial charge in [0.05, 0.1) is 12.6 Å². The lowest BCUT2D eigenvalue weighted by molar-refractivity contribution is -0.117. The first kappa shape index (κ1) is 20.9. The van der Waals surface area contributed by atoms with E-state index in [-0.39, 0.29) is 11.9 Å². The van der Waals surface area contributed by atoms with E-state index in [2.05, 4.69) is 17.4 Å². The van der Waals surface area contributed by atoms with Gasteiger partial charge in [0, 0.05) is 28.8 Å². The second kappa shape index (κ2) is 10.7. The van der Waals surface area contributed by atoms with Gasteiger partial charge in [-0.25, -0.2) is 0 Å². The molecule has 1 atom stereocenters. The van der Waals surface area contributed by atoms with Crippen LogP contribution < -0.4 is 11.1 Å². The van der Waals surface area contributed by atoms with Gasteiger partial charge in [0.2, 0.25) is 5.91 Å². The Labute approximate surface area is 177 Å². The molecule has 0 bridgehead atoms. The summed E-state index contributed by atoms with van der Waals surface area (Å²) in [4.78, 5) is 17.1. The highest BCUT2D eigenvalue weighted by molar-refractivity contribution is 7.99. The highest BCUT2D eigenvalue weighted by Gasteiger charge is 2.16. The molecule has 1 fully saturated rings. The third-order valence-corrected chi connectivity index (χ3v) is 5.78. The maximum atomic E-state index is 12.3. The van der Waals surface area contributed by atoms with E-state index in [1.54, 1.807) is 6.08 Å². The minimum atomic E-state index is -0.156. The normalized spacial score (nSPS) is 18.6. The first-order valence-electron chi connectivity index (χ1n) is 9.81. The first-order valence-corrected chi connectivity index (χ1v) is 11.0. The lowest BCUT2D eigenvalue weighted by atomic mass is 10.1. The van der Waals surface area contributed by atoms with Gasteiger partial charge in [0.15, 0.2) is 0 Å². The molecule has 1 saturated heterocycles. The Kier molecular flexibility index (Phi) is 7.70. The maximum absolute atomic E-state index is 12.3. The summed E-state index contributed by atoms with van der Waals surface area (Å²) in [6.45, 7) is 2.62. The average Bonchev–Trinajstić information content (AvgIpc) is 2.77. The number of aliphatic imine (C=N–C) groups is 1. The SMILES string of the molecule is C[C@@H](NC(=O)/C=C/C(N)=C1CSCCC1=NCc1ccccc1)c1ccccc1. The quantitative estimate of drug-likeness (QED) is 0.700. The van der Waals surface area contributed by atoms with Gasteiger partial charge in [0.1, 0.15) is 0 Å². The van der Waals surface area contributed by atoms with Crippen LogP contribution >= 0.6 is 11.8 Å². The smallest absolute Gasteiger partial charge is 0.244 e. The van der Waals surface area contributed by atoms with Crippen LogP contribution in [-0.2, 0) is 11.3 Å². The zero-order chi connectivity index (χ0) is 20.5. The molecule has 5 heteroatoms. The van der Waals surface area contributed by atoms with Crippen molar-refractivity contribution in [3.8, 4) is 0 Å². The number of thioether (sulfide) groups is 1. The number of carbonyl (C=O) groups is 1. The van der Waals surface area contributed by atoms with Gasteiger partial charge in [-0.05, 0) is 36.3 Å². The van der Waals surface area contributed by atoms with Crippen molar-refractivity contribution >= 4 is 23.4 Å². The largest absolute Gasteiger partial charge is 0.398 e. The van der Waals surface area contributed by atoms with Crippen molar-refractivity contribution < 1.29 is 4.79 Å². The molecule has 150 valence electrons. The molecule has 0 radical (unpaired) electrons. The van der Waals surface area contributed by atoms with Crippen molar-refractivity contribution in [2.45, 2.75) is 25.9 Å². The molecule has 4 nitrogen and oxygen atoms in total. The molecule has 1 aliphatic rings. The second-order valence-electron chi connectivity index (χ2n) is 6.96. The zero-order valence-corrected chi connectivity index (χ0v) is 17.5. The number of allylic oxidation sites excluding steroid dienone is 1. The number of amides is 1. The van der Waals surface area contributed by atoms with Crippen LogP contribution in [0.4, 0.5) is 0 Å². The molecule has 1 heterocycles. The Balaban J connectivity index is 1.66. The van der Waals surface area contributed by atoms with E-state index in [0.717, 1.165) is 34.8 Å². The zero-order valence-electron chi connectivity index (χ0n) is 16.7. The van der Waals surface area contributed by atoms with Crippen molar-refractivity contribution in [3.05, 3.63) is 95.2 Å². The average molecular weight is 406 g/mol. The fourth-order valence-electron chi connectivity index (χ4n) is 3.12. The molecule has 1 aliphatic heterocycles. The Hall–Kier alpha value is -2.79. The number of hydrogen-bond donors (Lipinski definition) is 2. The topological polar surface area (TPSA) is 67.5 Å². The number of nitrogens with two attached hydrogens (primary N) is 1. The number of rotatable bonds is 6. The Morgan fingerprint density at radius 2 is 1.83 bits per heavy atom. The predicted octanol–water partition coefficient (Wildman–Crippen LogP) is 4.41. The van der Waals surface area contributed by atoms with Crippen LogP contribution in [0.1, 0.15) is 30.5 Å². The van der Waals surface area contributed by atoms with Gasteiger partial charge in [-0.3, -0.25) is 9.79 Å². The van der Waals surface area contributed by atoms with Crippen LogP contribution in [0.2, 0.25) is 0 Å². The van der Waals surface area contributed by atoms with Crippen molar-refractivity contribution in [3.63, 3.8) is 0 Å². The highest BCUT2D eigenvalue weighted by Crippen LogP contribution is 2.23. The van der Waals surface area contributed by atoms with Crippen LogP contribution in [0, 0.1) is 0 Å².